The number of nitrogens with one attached hydrogen (secondary N) is 2. The van der Waals surface area contributed by atoms with Crippen LogP contribution >= 0.6 is 22.9 Å². The van der Waals surface area contributed by atoms with Gasteiger partial charge in [-0.2, -0.15) is 0 Å². The maximum Gasteiger partial charge on any atom is 0.328 e. The van der Waals surface area contributed by atoms with Crippen LogP contribution in [-0.2, 0) is 9.59 Å². The number of rotatable bonds is 9. The third-order valence-electron chi connectivity index (χ3n) is 3.73. The highest BCUT2D eigenvalue weighted by Gasteiger charge is 2.18. The van der Waals surface area contributed by atoms with Crippen LogP contribution in [0.5, 0.6) is 5.75 Å². The average molecular weight is 514 g/mol. The van der Waals surface area contributed by atoms with Crippen LogP contribution in [0.15, 0.2) is 29.7 Å². The Bertz CT molecular complexity index is 1060. The number of nitrogens with two attached hydrogens (primary N) is 1. The number of nitrogens with zero attached hydrogens (tertiary/aromatic N) is 2. The number of hydrogen-bond donors (Lipinski definition) is 5. The molecule has 2 aromatic rings. The number of hydrogen-bond acceptors (Lipinski definition) is 9. The number of amides is 2. The van der Waals surface area contributed by atoms with Gasteiger partial charge in [-0.05, 0) is 20.2 Å². The molecule has 1 aromatic heterocycles. The Morgan fingerprint density at radius 3 is 2.32 bits per heavy atom. The second-order valence-electron chi connectivity index (χ2n) is 6.64. The van der Waals surface area contributed by atoms with Gasteiger partial charge < -0.3 is 30.9 Å². The maximum atomic E-state index is 12.5. The zero-order valence-corrected chi connectivity index (χ0v) is 20.1. The fourth-order valence-corrected chi connectivity index (χ4v) is 2.99. The fourth-order valence-electron chi connectivity index (χ4n) is 2.14. The second-order valence-corrected chi connectivity index (χ2v) is 7.90. The van der Waals surface area contributed by atoms with Crippen molar-refractivity contribution in [2.75, 3.05) is 45.3 Å². The van der Waals surface area contributed by atoms with Gasteiger partial charge in [0.25, 0.3) is 11.8 Å². The van der Waals surface area contributed by atoms with E-state index >= 15 is 0 Å². The Hall–Kier alpha value is -3.68. The number of benzene rings is 1. The predicted octanol–water partition coefficient (Wildman–Crippen LogP) is 1.64. The smallest absolute Gasteiger partial charge is 0.328 e. The molecule has 0 saturated carbocycles. The van der Waals surface area contributed by atoms with Gasteiger partial charge in [-0.15, -0.1) is 11.3 Å². The van der Waals surface area contributed by atoms with Crippen molar-refractivity contribution in [3.8, 4) is 5.75 Å². The summed E-state index contributed by atoms with van der Waals surface area (Å²) >= 11 is 7.12. The molecule has 0 spiro atoms. The summed E-state index contributed by atoms with van der Waals surface area (Å²) in [5.74, 6) is -2.98. The number of aromatic nitrogens is 1. The van der Waals surface area contributed by atoms with Crippen molar-refractivity contribution in [1.29, 1.82) is 0 Å². The van der Waals surface area contributed by atoms with Gasteiger partial charge in [0.2, 0.25) is 0 Å². The summed E-state index contributed by atoms with van der Waals surface area (Å²) in [4.78, 5) is 49.7. The number of carboxylic acid groups (broad SMARTS) is 2. The molecule has 34 heavy (non-hydrogen) atoms. The van der Waals surface area contributed by atoms with Crippen molar-refractivity contribution < 1.29 is 34.1 Å². The summed E-state index contributed by atoms with van der Waals surface area (Å²) < 4.78 is 5.16. The lowest BCUT2D eigenvalue weighted by atomic mass is 10.1. The van der Waals surface area contributed by atoms with E-state index < -0.39 is 17.8 Å². The Morgan fingerprint density at radius 1 is 1.18 bits per heavy atom. The SMILES string of the molecule is COc1cc(N)c(Cl)cc1C(=O)Nc1nc(C(=O)NCCN(C)C)cs1.O=C(O)C=CC(=O)O. The van der Waals surface area contributed by atoms with Gasteiger partial charge in [0.05, 0.1) is 23.4 Å². The van der Waals surface area contributed by atoms with E-state index in [1.54, 1.807) is 5.38 Å². The number of anilines is 2. The van der Waals surface area contributed by atoms with Crippen molar-refractivity contribution >= 4 is 57.5 Å². The van der Waals surface area contributed by atoms with Crippen molar-refractivity contribution in [2.45, 2.75) is 0 Å². The first kappa shape index (κ1) is 28.4. The molecule has 6 N–H and O–H groups in total. The lowest BCUT2D eigenvalue weighted by Crippen LogP contribution is -2.31. The van der Waals surface area contributed by atoms with Crippen LogP contribution in [0.4, 0.5) is 10.8 Å². The average Bonchev–Trinajstić information content (AvgIpc) is 3.22. The van der Waals surface area contributed by atoms with Gasteiger partial charge >= 0.3 is 11.9 Å². The Kier molecular flexibility index (Phi) is 11.5. The molecule has 1 heterocycles. The quantitative estimate of drug-likeness (QED) is 0.244. The van der Waals surface area contributed by atoms with E-state index in [4.69, 9.17) is 32.3 Å². The summed E-state index contributed by atoms with van der Waals surface area (Å²) in [6.45, 7) is 1.23. The van der Waals surface area contributed by atoms with Crippen molar-refractivity contribution in [3.05, 3.63) is 45.9 Å². The molecule has 12 nitrogen and oxygen atoms in total. The minimum Gasteiger partial charge on any atom is -0.496 e. The maximum absolute atomic E-state index is 12.5. The number of nitrogen functional groups attached to an aromatic ring is 1. The standard InChI is InChI=1S/C16H20ClN5O3S.C4H4O4/c1-22(2)5-4-19-15(24)12-8-26-16(20-12)21-14(23)9-6-10(17)11(18)7-13(9)25-3;5-3(6)1-2-4(7)8/h6-8H,4-5,18H2,1-3H3,(H,19,24)(H,20,21,23);1-2H,(H,5,6)(H,7,8). The highest BCUT2D eigenvalue weighted by atomic mass is 35.5. The number of aliphatic carboxylic acids is 2. The number of carboxylic acids is 2. The summed E-state index contributed by atoms with van der Waals surface area (Å²) in [6.07, 6.45) is 1.12. The molecule has 2 rings (SSSR count). The second kappa shape index (κ2) is 13.8. The molecule has 0 bridgehead atoms. The van der Waals surface area contributed by atoms with Gasteiger partial charge in [0.1, 0.15) is 11.4 Å². The van der Waals surface area contributed by atoms with E-state index in [0.29, 0.717) is 35.3 Å². The Labute approximate surface area is 204 Å². The first-order chi connectivity index (χ1) is 15.9. The van der Waals surface area contributed by atoms with Crippen LogP contribution in [0, 0.1) is 0 Å². The molecule has 1 aromatic carbocycles. The summed E-state index contributed by atoms with van der Waals surface area (Å²) in [5.41, 5.74) is 6.49. The minimum absolute atomic E-state index is 0.221. The molecule has 14 heteroatoms. The monoisotopic (exact) mass is 513 g/mol. The van der Waals surface area contributed by atoms with Crippen LogP contribution in [-0.4, -0.2) is 78.1 Å². The number of carbonyl (C=O) groups excluding carboxylic acids is 2. The molecule has 0 radical (unpaired) electrons. The molecule has 0 aliphatic heterocycles. The minimum atomic E-state index is -1.26. The summed E-state index contributed by atoms with van der Waals surface area (Å²) in [6, 6.07) is 2.90. The number of ether oxygens (including phenoxy) is 1. The molecule has 184 valence electrons. The van der Waals surface area contributed by atoms with Gasteiger partial charge in [0.15, 0.2) is 5.13 Å². The van der Waals surface area contributed by atoms with Crippen LogP contribution in [0.1, 0.15) is 20.8 Å². The number of thiazole rings is 1. The Balaban J connectivity index is 0.000000620. The fraction of sp³-hybridized carbons (Fsp3) is 0.250. The van der Waals surface area contributed by atoms with Crippen molar-refractivity contribution in [2.24, 2.45) is 0 Å². The Morgan fingerprint density at radius 2 is 1.79 bits per heavy atom. The molecular weight excluding hydrogens is 490 g/mol. The zero-order valence-electron chi connectivity index (χ0n) is 18.5. The highest BCUT2D eigenvalue weighted by molar-refractivity contribution is 7.14. The first-order valence-corrected chi connectivity index (χ1v) is 10.7. The predicted molar refractivity (Wildman–Crippen MR) is 128 cm³/mol. The molecule has 0 aliphatic rings. The number of methoxy groups -OCH3 is 1. The summed E-state index contributed by atoms with van der Waals surface area (Å²) in [5, 5.41) is 23.1. The lowest BCUT2D eigenvalue weighted by Gasteiger charge is -2.10. The lowest BCUT2D eigenvalue weighted by molar-refractivity contribution is -0.134. The van der Waals surface area contributed by atoms with Gasteiger partial charge in [-0.1, -0.05) is 11.6 Å². The van der Waals surface area contributed by atoms with Crippen LogP contribution in [0.2, 0.25) is 5.02 Å². The molecule has 0 fully saturated rings. The number of likely N-dealkylation sites (N-methyl/N-ethyl adjacent to an activating group) is 1. The number of carbonyl (C=O) groups is 4. The molecule has 0 aliphatic carbocycles. The van der Waals surface area contributed by atoms with Crippen molar-refractivity contribution in [1.82, 2.24) is 15.2 Å². The van der Waals surface area contributed by atoms with Crippen molar-refractivity contribution in [3.63, 3.8) is 0 Å². The largest absolute Gasteiger partial charge is 0.496 e. The molecular formula is C20H24ClN5O7S. The summed E-state index contributed by atoms with van der Waals surface area (Å²) in [7, 11) is 5.26. The topological polar surface area (TPSA) is 184 Å². The van der Waals surface area contributed by atoms with Crippen LogP contribution in [0.3, 0.4) is 0 Å². The van der Waals surface area contributed by atoms with Gasteiger partial charge in [0, 0.05) is 36.7 Å². The molecule has 0 saturated heterocycles. The highest BCUT2D eigenvalue weighted by Crippen LogP contribution is 2.29. The third kappa shape index (κ3) is 9.85. The third-order valence-corrected chi connectivity index (χ3v) is 4.82. The van der Waals surface area contributed by atoms with E-state index in [-0.39, 0.29) is 22.2 Å². The molecule has 0 unspecified atom stereocenters. The number of halogens is 1. The molecule has 2 amide bonds. The van der Waals surface area contributed by atoms with Gasteiger partial charge in [-0.25, -0.2) is 14.6 Å². The normalized spacial score (nSPS) is 10.4. The van der Waals surface area contributed by atoms with Crippen LogP contribution < -0.4 is 21.1 Å². The van der Waals surface area contributed by atoms with E-state index in [1.807, 2.05) is 19.0 Å². The zero-order chi connectivity index (χ0) is 25.8. The van der Waals surface area contributed by atoms with E-state index in [1.165, 1.54) is 19.2 Å². The van der Waals surface area contributed by atoms with E-state index in [0.717, 1.165) is 17.9 Å². The van der Waals surface area contributed by atoms with Crippen LogP contribution in [0.25, 0.3) is 0 Å². The van der Waals surface area contributed by atoms with E-state index in [2.05, 4.69) is 15.6 Å². The first-order valence-electron chi connectivity index (χ1n) is 9.41. The molecule has 0 atom stereocenters. The van der Waals surface area contributed by atoms with E-state index in [9.17, 15) is 19.2 Å². The van der Waals surface area contributed by atoms with Gasteiger partial charge in [-0.3, -0.25) is 14.9 Å².